The largest absolute Gasteiger partial charge is 0.344 e. The lowest BCUT2D eigenvalue weighted by atomic mass is 10.0. The number of carbonyl (C=O) groups is 1. The summed E-state index contributed by atoms with van der Waals surface area (Å²) in [6, 6.07) is 0. The van der Waals surface area contributed by atoms with E-state index in [4.69, 9.17) is 0 Å². The summed E-state index contributed by atoms with van der Waals surface area (Å²) in [4.78, 5) is 15.2. The summed E-state index contributed by atoms with van der Waals surface area (Å²) < 4.78 is 0. The lowest BCUT2D eigenvalue weighted by Gasteiger charge is -2.36. The summed E-state index contributed by atoms with van der Waals surface area (Å²) in [6.45, 7) is 6.92. The van der Waals surface area contributed by atoms with Gasteiger partial charge in [-0.05, 0) is 27.9 Å². The van der Waals surface area contributed by atoms with Crippen LogP contribution in [0.25, 0.3) is 0 Å². The molecule has 0 aliphatic carbocycles. The second-order valence-electron chi connectivity index (χ2n) is 4.31. The standard InChI is InChI=1S/C10H22N2O/c1-7-9(13)12(6)8-10(2,3)11(4)5/h7-8H2,1-6H3. The number of likely N-dealkylation sites (N-methyl/N-ethyl adjacent to an activating group) is 2. The first kappa shape index (κ1) is 12.4. The van der Waals surface area contributed by atoms with Gasteiger partial charge in [0.15, 0.2) is 0 Å². The van der Waals surface area contributed by atoms with Gasteiger partial charge in [-0.2, -0.15) is 0 Å². The fourth-order valence-corrected chi connectivity index (χ4v) is 1.08. The van der Waals surface area contributed by atoms with Crippen LogP contribution >= 0.6 is 0 Å². The minimum absolute atomic E-state index is 0.0413. The third-order valence-electron chi connectivity index (χ3n) is 2.56. The molecule has 0 spiro atoms. The molecule has 0 aliphatic rings. The van der Waals surface area contributed by atoms with Gasteiger partial charge in [-0.3, -0.25) is 4.79 Å². The molecule has 3 nitrogen and oxygen atoms in total. The molecule has 0 aliphatic heterocycles. The van der Waals surface area contributed by atoms with E-state index in [0.717, 1.165) is 6.54 Å². The van der Waals surface area contributed by atoms with E-state index >= 15 is 0 Å². The number of hydrogen-bond acceptors (Lipinski definition) is 2. The van der Waals surface area contributed by atoms with Crippen molar-refractivity contribution >= 4 is 5.91 Å². The van der Waals surface area contributed by atoms with Gasteiger partial charge in [0.25, 0.3) is 0 Å². The van der Waals surface area contributed by atoms with E-state index in [9.17, 15) is 4.79 Å². The van der Waals surface area contributed by atoms with Crippen molar-refractivity contribution in [2.75, 3.05) is 27.7 Å². The highest BCUT2D eigenvalue weighted by molar-refractivity contribution is 5.75. The molecule has 0 saturated heterocycles. The maximum absolute atomic E-state index is 11.3. The van der Waals surface area contributed by atoms with E-state index in [0.29, 0.717) is 6.42 Å². The van der Waals surface area contributed by atoms with Crippen LogP contribution in [0.2, 0.25) is 0 Å². The zero-order valence-corrected chi connectivity index (χ0v) is 9.72. The van der Waals surface area contributed by atoms with E-state index in [-0.39, 0.29) is 11.4 Å². The summed E-state index contributed by atoms with van der Waals surface area (Å²) >= 11 is 0. The van der Waals surface area contributed by atoms with Crippen molar-refractivity contribution < 1.29 is 4.79 Å². The molecule has 0 aromatic heterocycles. The van der Waals surface area contributed by atoms with Crippen LogP contribution in [-0.2, 0) is 4.79 Å². The quantitative estimate of drug-likeness (QED) is 0.658. The molecule has 3 heteroatoms. The molecule has 0 aromatic rings. The van der Waals surface area contributed by atoms with E-state index in [2.05, 4.69) is 18.7 Å². The van der Waals surface area contributed by atoms with E-state index in [1.54, 1.807) is 4.90 Å². The van der Waals surface area contributed by atoms with Gasteiger partial charge in [0, 0.05) is 25.6 Å². The van der Waals surface area contributed by atoms with E-state index < -0.39 is 0 Å². The predicted octanol–water partition coefficient (Wildman–Crippen LogP) is 1.20. The van der Waals surface area contributed by atoms with Gasteiger partial charge < -0.3 is 9.80 Å². The van der Waals surface area contributed by atoms with Crippen molar-refractivity contribution in [2.24, 2.45) is 0 Å². The fourth-order valence-electron chi connectivity index (χ4n) is 1.08. The van der Waals surface area contributed by atoms with Gasteiger partial charge >= 0.3 is 0 Å². The molecular formula is C10H22N2O. The first-order valence-electron chi connectivity index (χ1n) is 4.72. The number of rotatable bonds is 4. The summed E-state index contributed by atoms with van der Waals surface area (Å²) in [6.07, 6.45) is 0.583. The number of hydrogen-bond donors (Lipinski definition) is 0. The molecule has 0 N–H and O–H groups in total. The van der Waals surface area contributed by atoms with Crippen LogP contribution in [0.4, 0.5) is 0 Å². The maximum atomic E-state index is 11.3. The van der Waals surface area contributed by atoms with Crippen molar-refractivity contribution in [1.82, 2.24) is 9.80 Å². The highest BCUT2D eigenvalue weighted by atomic mass is 16.2. The molecule has 0 unspecified atom stereocenters. The maximum Gasteiger partial charge on any atom is 0.222 e. The highest BCUT2D eigenvalue weighted by Crippen LogP contribution is 2.11. The first-order chi connectivity index (χ1) is 5.81. The summed E-state index contributed by atoms with van der Waals surface area (Å²) in [5.41, 5.74) is 0.0413. The molecule has 13 heavy (non-hydrogen) atoms. The Labute approximate surface area is 81.7 Å². The smallest absolute Gasteiger partial charge is 0.222 e. The molecule has 0 radical (unpaired) electrons. The van der Waals surface area contributed by atoms with Gasteiger partial charge in [0.2, 0.25) is 5.91 Å². The summed E-state index contributed by atoms with van der Waals surface area (Å²) in [7, 11) is 5.92. The van der Waals surface area contributed by atoms with Crippen LogP contribution in [0.15, 0.2) is 0 Å². The fraction of sp³-hybridized carbons (Fsp3) is 0.900. The van der Waals surface area contributed by atoms with Crippen LogP contribution in [0.5, 0.6) is 0 Å². The molecule has 0 rings (SSSR count). The summed E-state index contributed by atoms with van der Waals surface area (Å²) in [5, 5.41) is 0. The molecule has 1 amide bonds. The van der Waals surface area contributed by atoms with Gasteiger partial charge in [-0.25, -0.2) is 0 Å². The monoisotopic (exact) mass is 186 g/mol. The van der Waals surface area contributed by atoms with Crippen molar-refractivity contribution in [1.29, 1.82) is 0 Å². The van der Waals surface area contributed by atoms with Gasteiger partial charge in [0.1, 0.15) is 0 Å². The molecule has 0 saturated carbocycles. The third-order valence-corrected chi connectivity index (χ3v) is 2.56. The zero-order valence-electron chi connectivity index (χ0n) is 9.72. The second kappa shape index (κ2) is 4.61. The Hall–Kier alpha value is -0.570. The van der Waals surface area contributed by atoms with Crippen molar-refractivity contribution in [3.8, 4) is 0 Å². The van der Waals surface area contributed by atoms with Gasteiger partial charge in [0.05, 0.1) is 0 Å². The Bertz CT molecular complexity index is 176. The van der Waals surface area contributed by atoms with E-state index in [1.807, 2.05) is 28.1 Å². The molecule has 78 valence electrons. The molecule has 0 heterocycles. The Morgan fingerprint density at radius 1 is 1.23 bits per heavy atom. The third kappa shape index (κ3) is 3.77. The van der Waals surface area contributed by atoms with Crippen molar-refractivity contribution in [3.63, 3.8) is 0 Å². The SMILES string of the molecule is CCC(=O)N(C)CC(C)(C)N(C)C. The molecular weight excluding hydrogens is 164 g/mol. The van der Waals surface area contributed by atoms with Crippen LogP contribution in [0.1, 0.15) is 27.2 Å². The van der Waals surface area contributed by atoms with Gasteiger partial charge in [-0.15, -0.1) is 0 Å². The molecule has 0 atom stereocenters. The summed E-state index contributed by atoms with van der Waals surface area (Å²) in [5.74, 6) is 0.204. The van der Waals surface area contributed by atoms with Crippen LogP contribution in [-0.4, -0.2) is 48.9 Å². The zero-order chi connectivity index (χ0) is 10.6. The molecule has 0 fully saturated rings. The predicted molar refractivity (Wildman–Crippen MR) is 55.7 cm³/mol. The highest BCUT2D eigenvalue weighted by Gasteiger charge is 2.23. The lowest BCUT2D eigenvalue weighted by molar-refractivity contribution is -0.130. The number of nitrogens with zero attached hydrogens (tertiary/aromatic N) is 2. The van der Waals surface area contributed by atoms with Crippen LogP contribution in [0.3, 0.4) is 0 Å². The number of amides is 1. The average Bonchev–Trinajstić information content (AvgIpc) is 2.01. The topological polar surface area (TPSA) is 23.6 Å². The molecule has 0 bridgehead atoms. The van der Waals surface area contributed by atoms with E-state index in [1.165, 1.54) is 0 Å². The Morgan fingerprint density at radius 2 is 1.69 bits per heavy atom. The Kier molecular flexibility index (Phi) is 4.40. The van der Waals surface area contributed by atoms with Crippen LogP contribution < -0.4 is 0 Å². The van der Waals surface area contributed by atoms with Crippen molar-refractivity contribution in [2.45, 2.75) is 32.7 Å². The second-order valence-corrected chi connectivity index (χ2v) is 4.31. The van der Waals surface area contributed by atoms with Crippen LogP contribution in [0, 0.1) is 0 Å². The minimum atomic E-state index is 0.0413. The van der Waals surface area contributed by atoms with Crippen molar-refractivity contribution in [3.05, 3.63) is 0 Å². The molecule has 0 aromatic carbocycles. The Balaban J connectivity index is 4.19. The first-order valence-corrected chi connectivity index (χ1v) is 4.72. The Morgan fingerprint density at radius 3 is 2.00 bits per heavy atom. The number of carbonyl (C=O) groups excluding carboxylic acids is 1. The average molecular weight is 186 g/mol. The lowest BCUT2D eigenvalue weighted by Crippen LogP contribution is -2.48. The minimum Gasteiger partial charge on any atom is -0.344 e. The van der Waals surface area contributed by atoms with Gasteiger partial charge in [-0.1, -0.05) is 6.92 Å². The normalized spacial score (nSPS) is 11.9.